The minimum Gasteiger partial charge on any atom is -0.467 e. The van der Waals surface area contributed by atoms with Crippen molar-refractivity contribution in [3.63, 3.8) is 0 Å². The molecule has 2 heterocycles. The number of furan rings is 1. The molecule has 0 spiro atoms. The fourth-order valence-corrected chi connectivity index (χ4v) is 2.16. The molecule has 1 aromatic heterocycles. The minimum absolute atomic E-state index is 0.357. The Kier molecular flexibility index (Phi) is 4.38. The molecule has 1 N–H and O–H groups in total. The Labute approximate surface area is 107 Å². The summed E-state index contributed by atoms with van der Waals surface area (Å²) in [5, 5.41) is 3.46. The largest absolute Gasteiger partial charge is 0.467 e. The molecule has 18 heavy (non-hydrogen) atoms. The number of likely N-dealkylation sites (tertiary alicyclic amines) is 1. The molecule has 1 aliphatic heterocycles. The molecule has 1 aliphatic rings. The second kappa shape index (κ2) is 6.02. The summed E-state index contributed by atoms with van der Waals surface area (Å²) >= 11 is 0. The van der Waals surface area contributed by atoms with Gasteiger partial charge in [0.1, 0.15) is 12.0 Å². The van der Waals surface area contributed by atoms with E-state index in [0.717, 1.165) is 31.7 Å². The lowest BCUT2D eigenvalue weighted by atomic mass is 10.1. The van der Waals surface area contributed by atoms with Crippen molar-refractivity contribution in [2.24, 2.45) is 0 Å². The van der Waals surface area contributed by atoms with Gasteiger partial charge in [-0.2, -0.15) is 0 Å². The second-order valence-electron chi connectivity index (χ2n) is 4.75. The maximum atomic E-state index is 11.3. The molecule has 0 radical (unpaired) electrons. The molecule has 1 aromatic rings. The molecule has 0 bridgehead atoms. The van der Waals surface area contributed by atoms with Crippen molar-refractivity contribution >= 4 is 5.97 Å². The zero-order valence-electron chi connectivity index (χ0n) is 10.9. The smallest absolute Gasteiger partial charge is 0.341 e. The monoisotopic (exact) mass is 252 g/mol. The Bertz CT molecular complexity index is 395. The first-order valence-corrected chi connectivity index (χ1v) is 6.26. The molecule has 0 saturated carbocycles. The van der Waals surface area contributed by atoms with E-state index in [9.17, 15) is 4.79 Å². The number of ether oxygens (including phenoxy) is 1. The summed E-state index contributed by atoms with van der Waals surface area (Å²) in [4.78, 5) is 13.6. The third-order valence-corrected chi connectivity index (χ3v) is 3.36. The van der Waals surface area contributed by atoms with Crippen LogP contribution in [0.3, 0.4) is 0 Å². The number of piperidine rings is 1. The summed E-state index contributed by atoms with van der Waals surface area (Å²) in [7, 11) is 3.51. The van der Waals surface area contributed by atoms with Crippen molar-refractivity contribution in [1.29, 1.82) is 0 Å². The second-order valence-corrected chi connectivity index (χ2v) is 4.75. The molecule has 0 unspecified atom stereocenters. The van der Waals surface area contributed by atoms with E-state index in [4.69, 9.17) is 4.42 Å². The van der Waals surface area contributed by atoms with E-state index in [1.165, 1.54) is 13.4 Å². The van der Waals surface area contributed by atoms with E-state index >= 15 is 0 Å². The molecule has 5 nitrogen and oxygen atoms in total. The normalized spacial score (nSPS) is 17.9. The Morgan fingerprint density at radius 1 is 1.56 bits per heavy atom. The lowest BCUT2D eigenvalue weighted by Gasteiger charge is -2.29. The van der Waals surface area contributed by atoms with Gasteiger partial charge in [-0.15, -0.1) is 0 Å². The number of methoxy groups -OCH3 is 1. The highest BCUT2D eigenvalue weighted by Gasteiger charge is 2.17. The van der Waals surface area contributed by atoms with Gasteiger partial charge in [-0.3, -0.25) is 0 Å². The Balaban J connectivity index is 1.79. The molecule has 0 amide bonds. The number of carbonyl (C=O) groups is 1. The molecule has 5 heteroatoms. The number of esters is 1. The topological polar surface area (TPSA) is 54.7 Å². The highest BCUT2D eigenvalue weighted by molar-refractivity contribution is 5.88. The maximum absolute atomic E-state index is 11.3. The van der Waals surface area contributed by atoms with E-state index < -0.39 is 0 Å². The zero-order valence-corrected chi connectivity index (χ0v) is 10.9. The van der Waals surface area contributed by atoms with Crippen molar-refractivity contribution in [3.8, 4) is 0 Å². The quantitative estimate of drug-likeness (QED) is 0.817. The van der Waals surface area contributed by atoms with Gasteiger partial charge in [0.2, 0.25) is 0 Å². The highest BCUT2D eigenvalue weighted by Crippen LogP contribution is 2.12. The number of hydrogen-bond acceptors (Lipinski definition) is 5. The van der Waals surface area contributed by atoms with Crippen LogP contribution in [0.5, 0.6) is 0 Å². The number of nitrogens with one attached hydrogen (secondary N) is 1. The predicted octanol–water partition coefficient (Wildman–Crippen LogP) is 1.25. The SMILES string of the molecule is COC(=O)c1coc(CNC2CCN(C)CC2)c1. The lowest BCUT2D eigenvalue weighted by molar-refractivity contribution is 0.0600. The van der Waals surface area contributed by atoms with Crippen LogP contribution < -0.4 is 5.32 Å². The Hall–Kier alpha value is -1.33. The minimum atomic E-state index is -0.357. The molecule has 2 rings (SSSR count). The van der Waals surface area contributed by atoms with Crippen LogP contribution in [0.2, 0.25) is 0 Å². The van der Waals surface area contributed by atoms with Gasteiger partial charge in [-0.1, -0.05) is 0 Å². The average molecular weight is 252 g/mol. The first-order chi connectivity index (χ1) is 8.69. The van der Waals surface area contributed by atoms with Crippen molar-refractivity contribution in [1.82, 2.24) is 10.2 Å². The summed E-state index contributed by atoms with van der Waals surface area (Å²) in [5.74, 6) is 0.415. The van der Waals surface area contributed by atoms with E-state index in [2.05, 4.69) is 22.0 Å². The van der Waals surface area contributed by atoms with Gasteiger partial charge >= 0.3 is 5.97 Å². The highest BCUT2D eigenvalue weighted by atomic mass is 16.5. The number of nitrogens with zero attached hydrogens (tertiary/aromatic N) is 1. The molecular weight excluding hydrogens is 232 g/mol. The molecule has 0 aromatic carbocycles. The van der Waals surface area contributed by atoms with Crippen LogP contribution in [0.25, 0.3) is 0 Å². The van der Waals surface area contributed by atoms with Crippen molar-refractivity contribution < 1.29 is 13.9 Å². The molecule has 0 aliphatic carbocycles. The third-order valence-electron chi connectivity index (χ3n) is 3.36. The van der Waals surface area contributed by atoms with Crippen LogP contribution in [0.1, 0.15) is 29.0 Å². The lowest BCUT2D eigenvalue weighted by Crippen LogP contribution is -2.40. The standard InChI is InChI=1S/C13H20N2O3/c1-15-5-3-11(4-6-15)14-8-12-7-10(9-18-12)13(16)17-2/h7,9,11,14H,3-6,8H2,1-2H3. The van der Waals surface area contributed by atoms with Gasteiger partial charge in [0.15, 0.2) is 0 Å². The fourth-order valence-electron chi connectivity index (χ4n) is 2.16. The van der Waals surface area contributed by atoms with Crippen molar-refractivity contribution in [3.05, 3.63) is 23.7 Å². The number of rotatable bonds is 4. The van der Waals surface area contributed by atoms with Crippen molar-refractivity contribution in [2.45, 2.75) is 25.4 Å². The van der Waals surface area contributed by atoms with Crippen molar-refractivity contribution in [2.75, 3.05) is 27.2 Å². The van der Waals surface area contributed by atoms with Gasteiger partial charge in [-0.05, 0) is 39.0 Å². The maximum Gasteiger partial charge on any atom is 0.341 e. The van der Waals surface area contributed by atoms with Gasteiger partial charge in [0.25, 0.3) is 0 Å². The van der Waals surface area contributed by atoms with E-state index in [1.807, 2.05) is 0 Å². The zero-order chi connectivity index (χ0) is 13.0. The first-order valence-electron chi connectivity index (χ1n) is 6.26. The number of carbonyl (C=O) groups excluding carboxylic acids is 1. The first kappa shape index (κ1) is 13.1. The average Bonchev–Trinajstić information content (AvgIpc) is 2.86. The molecular formula is C13H20N2O3. The van der Waals surface area contributed by atoms with Gasteiger partial charge in [0, 0.05) is 6.04 Å². The van der Waals surface area contributed by atoms with Crippen LogP contribution in [-0.4, -0.2) is 44.2 Å². The van der Waals surface area contributed by atoms with E-state index in [0.29, 0.717) is 18.2 Å². The molecule has 1 saturated heterocycles. The summed E-state index contributed by atoms with van der Waals surface area (Å²) < 4.78 is 9.96. The molecule has 100 valence electrons. The van der Waals surface area contributed by atoms with Crippen LogP contribution in [0, 0.1) is 0 Å². The van der Waals surface area contributed by atoms with Crippen LogP contribution in [-0.2, 0) is 11.3 Å². The van der Waals surface area contributed by atoms with Crippen LogP contribution >= 0.6 is 0 Å². The number of hydrogen-bond donors (Lipinski definition) is 1. The summed E-state index contributed by atoms with van der Waals surface area (Å²) in [6.45, 7) is 2.91. The fraction of sp³-hybridized carbons (Fsp3) is 0.615. The summed E-state index contributed by atoms with van der Waals surface area (Å²) in [6.07, 6.45) is 3.75. The summed E-state index contributed by atoms with van der Waals surface area (Å²) in [5.41, 5.74) is 0.470. The van der Waals surface area contributed by atoms with Gasteiger partial charge < -0.3 is 19.4 Å². The van der Waals surface area contributed by atoms with Crippen LogP contribution in [0.15, 0.2) is 16.7 Å². The van der Waals surface area contributed by atoms with E-state index in [1.54, 1.807) is 6.07 Å². The predicted molar refractivity (Wildman–Crippen MR) is 67.4 cm³/mol. The van der Waals surface area contributed by atoms with Gasteiger partial charge in [-0.25, -0.2) is 4.79 Å². The van der Waals surface area contributed by atoms with Gasteiger partial charge in [0.05, 0.1) is 19.2 Å². The molecule has 0 atom stereocenters. The molecule has 1 fully saturated rings. The van der Waals surface area contributed by atoms with Crippen LogP contribution in [0.4, 0.5) is 0 Å². The Morgan fingerprint density at radius 3 is 2.94 bits per heavy atom. The van der Waals surface area contributed by atoms with E-state index in [-0.39, 0.29) is 5.97 Å². The Morgan fingerprint density at radius 2 is 2.28 bits per heavy atom. The summed E-state index contributed by atoms with van der Waals surface area (Å²) in [6, 6.07) is 2.27. The third kappa shape index (κ3) is 3.34.